The highest BCUT2D eigenvalue weighted by atomic mass is 35.5. The van der Waals surface area contributed by atoms with Gasteiger partial charge in [-0.15, -0.1) is 0 Å². The van der Waals surface area contributed by atoms with Crippen molar-refractivity contribution >= 4 is 23.3 Å². The highest BCUT2D eigenvalue weighted by Gasteiger charge is 2.18. The number of carbonyl (C=O) groups excluding carboxylic acids is 1. The van der Waals surface area contributed by atoms with Gasteiger partial charge in [0.1, 0.15) is 12.4 Å². The van der Waals surface area contributed by atoms with Crippen LogP contribution >= 0.6 is 11.6 Å². The van der Waals surface area contributed by atoms with Crippen LogP contribution in [0, 0.1) is 0 Å². The number of carbonyl (C=O) groups is 1. The minimum Gasteiger partial charge on any atom is -0.496 e. The van der Waals surface area contributed by atoms with Crippen molar-refractivity contribution in [2.24, 2.45) is 4.99 Å². The van der Waals surface area contributed by atoms with Gasteiger partial charge in [0.15, 0.2) is 11.7 Å². The second-order valence-electron chi connectivity index (χ2n) is 3.57. The van der Waals surface area contributed by atoms with E-state index < -0.39 is 0 Å². The van der Waals surface area contributed by atoms with Crippen LogP contribution in [0.1, 0.15) is 16.8 Å². The van der Waals surface area contributed by atoms with E-state index in [4.69, 9.17) is 21.1 Å². The van der Waals surface area contributed by atoms with Gasteiger partial charge in [-0.2, -0.15) is 0 Å². The van der Waals surface area contributed by atoms with Crippen molar-refractivity contribution in [2.75, 3.05) is 20.3 Å². The Morgan fingerprint density at radius 2 is 2.41 bits per heavy atom. The molecule has 90 valence electrons. The third-order valence-corrected chi connectivity index (χ3v) is 2.66. The number of hydrogen-bond acceptors (Lipinski definition) is 4. The first-order chi connectivity index (χ1) is 8.20. The smallest absolute Gasteiger partial charge is 0.191 e. The molecule has 1 aromatic rings. The molecule has 2 rings (SSSR count). The summed E-state index contributed by atoms with van der Waals surface area (Å²) in [6, 6.07) is 4.95. The highest BCUT2D eigenvalue weighted by Crippen LogP contribution is 2.24. The molecule has 0 spiro atoms. The van der Waals surface area contributed by atoms with E-state index in [9.17, 15) is 4.79 Å². The third-order valence-electron chi connectivity index (χ3n) is 2.42. The Labute approximate surface area is 104 Å². The van der Waals surface area contributed by atoms with Crippen molar-refractivity contribution in [3.8, 4) is 5.75 Å². The van der Waals surface area contributed by atoms with Crippen LogP contribution in [0.3, 0.4) is 0 Å². The molecule has 1 aromatic carbocycles. The van der Waals surface area contributed by atoms with Gasteiger partial charge in [-0.05, 0) is 18.2 Å². The maximum absolute atomic E-state index is 12.0. The fraction of sp³-hybridized carbons (Fsp3) is 0.333. The zero-order valence-electron chi connectivity index (χ0n) is 9.40. The lowest BCUT2D eigenvalue weighted by Crippen LogP contribution is -2.09. The average molecular weight is 254 g/mol. The molecule has 0 aliphatic carbocycles. The lowest BCUT2D eigenvalue weighted by atomic mass is 10.1. The molecule has 0 N–H and O–H groups in total. The van der Waals surface area contributed by atoms with Crippen molar-refractivity contribution in [1.29, 1.82) is 0 Å². The van der Waals surface area contributed by atoms with Gasteiger partial charge in [0.25, 0.3) is 0 Å². The predicted octanol–water partition coefficient (Wildman–Crippen LogP) is 2.35. The summed E-state index contributed by atoms with van der Waals surface area (Å²) in [6.45, 7) is 1.17. The summed E-state index contributed by atoms with van der Waals surface area (Å²) in [7, 11) is 1.52. The standard InChI is InChI=1S/C12H12ClNO3/c1-16-11-3-2-8(13)6-9(11)10(15)7-12-14-4-5-17-12/h2-3,6H,4-5,7H2,1H3. The molecule has 17 heavy (non-hydrogen) atoms. The molecule has 0 fully saturated rings. The normalized spacial score (nSPS) is 14.1. The number of ketones is 1. The van der Waals surface area contributed by atoms with E-state index in [1.54, 1.807) is 18.2 Å². The van der Waals surface area contributed by atoms with Gasteiger partial charge < -0.3 is 9.47 Å². The summed E-state index contributed by atoms with van der Waals surface area (Å²) in [4.78, 5) is 16.1. The Morgan fingerprint density at radius 1 is 1.59 bits per heavy atom. The van der Waals surface area contributed by atoms with Crippen LogP contribution in [0.4, 0.5) is 0 Å². The highest BCUT2D eigenvalue weighted by molar-refractivity contribution is 6.31. The zero-order valence-corrected chi connectivity index (χ0v) is 10.2. The van der Waals surface area contributed by atoms with Crippen molar-refractivity contribution < 1.29 is 14.3 Å². The lowest BCUT2D eigenvalue weighted by molar-refractivity contribution is 0.0992. The third kappa shape index (κ3) is 2.77. The van der Waals surface area contributed by atoms with Crippen LogP contribution in [0.5, 0.6) is 5.75 Å². The molecule has 1 aliphatic heterocycles. The summed E-state index contributed by atoms with van der Waals surface area (Å²) in [6.07, 6.45) is 0.150. The van der Waals surface area contributed by atoms with Gasteiger partial charge in [-0.3, -0.25) is 9.79 Å². The SMILES string of the molecule is COc1ccc(Cl)cc1C(=O)CC1=NCCO1. The molecule has 0 amide bonds. The van der Waals surface area contributed by atoms with Gasteiger partial charge in [0.05, 0.1) is 25.6 Å². The fourth-order valence-electron chi connectivity index (χ4n) is 1.62. The average Bonchev–Trinajstić information content (AvgIpc) is 2.81. The fourth-order valence-corrected chi connectivity index (χ4v) is 1.79. The summed E-state index contributed by atoms with van der Waals surface area (Å²) in [5.74, 6) is 0.889. The number of halogens is 1. The Balaban J connectivity index is 2.20. The molecule has 0 unspecified atom stereocenters. The van der Waals surface area contributed by atoms with E-state index >= 15 is 0 Å². The quantitative estimate of drug-likeness (QED) is 0.774. The van der Waals surface area contributed by atoms with Crippen LogP contribution in [-0.4, -0.2) is 31.9 Å². The lowest BCUT2D eigenvalue weighted by Gasteiger charge is -2.07. The largest absolute Gasteiger partial charge is 0.496 e. The Hall–Kier alpha value is -1.55. The first-order valence-corrected chi connectivity index (χ1v) is 5.61. The maximum Gasteiger partial charge on any atom is 0.191 e. The number of ether oxygens (including phenoxy) is 2. The van der Waals surface area contributed by atoms with Crippen molar-refractivity contribution in [3.63, 3.8) is 0 Å². The second kappa shape index (κ2) is 5.19. The van der Waals surface area contributed by atoms with Crippen LogP contribution in [-0.2, 0) is 4.74 Å². The summed E-state index contributed by atoms with van der Waals surface area (Å²) in [5.41, 5.74) is 0.457. The summed E-state index contributed by atoms with van der Waals surface area (Å²) in [5, 5.41) is 0.503. The van der Waals surface area contributed by atoms with Crippen LogP contribution in [0.15, 0.2) is 23.2 Å². The number of methoxy groups -OCH3 is 1. The van der Waals surface area contributed by atoms with E-state index in [1.165, 1.54) is 7.11 Å². The molecule has 5 heteroatoms. The predicted molar refractivity (Wildman–Crippen MR) is 65.2 cm³/mol. The molecule has 4 nitrogen and oxygen atoms in total. The Morgan fingerprint density at radius 3 is 3.06 bits per heavy atom. The first-order valence-electron chi connectivity index (χ1n) is 5.23. The van der Waals surface area contributed by atoms with Gasteiger partial charge in [0, 0.05) is 5.02 Å². The molecule has 0 bridgehead atoms. The van der Waals surface area contributed by atoms with E-state index in [2.05, 4.69) is 4.99 Å². The second-order valence-corrected chi connectivity index (χ2v) is 4.00. The number of benzene rings is 1. The van der Waals surface area contributed by atoms with Crippen LogP contribution in [0.25, 0.3) is 0 Å². The number of aliphatic imine (C=N–C) groups is 1. The minimum absolute atomic E-state index is 0.106. The maximum atomic E-state index is 12.0. The number of hydrogen-bond donors (Lipinski definition) is 0. The summed E-state index contributed by atoms with van der Waals surface area (Å²) >= 11 is 5.87. The topological polar surface area (TPSA) is 47.9 Å². The van der Waals surface area contributed by atoms with Gasteiger partial charge >= 0.3 is 0 Å². The van der Waals surface area contributed by atoms with Gasteiger partial charge in [0.2, 0.25) is 0 Å². The van der Waals surface area contributed by atoms with Crippen LogP contribution < -0.4 is 4.74 Å². The molecular weight excluding hydrogens is 242 g/mol. The van der Waals surface area contributed by atoms with Crippen molar-refractivity contribution in [1.82, 2.24) is 0 Å². The molecule has 0 radical (unpaired) electrons. The molecule has 0 aromatic heterocycles. The number of nitrogens with zero attached hydrogens (tertiary/aromatic N) is 1. The van der Waals surface area contributed by atoms with Crippen molar-refractivity contribution in [3.05, 3.63) is 28.8 Å². The zero-order chi connectivity index (χ0) is 12.3. The molecular formula is C12H12ClNO3. The Kier molecular flexibility index (Phi) is 3.64. The number of Topliss-reactive ketones (excluding diaryl/α,β-unsaturated/α-hetero) is 1. The molecule has 0 saturated heterocycles. The van der Waals surface area contributed by atoms with E-state index in [1.807, 2.05) is 0 Å². The summed E-state index contributed by atoms with van der Waals surface area (Å²) < 4.78 is 10.3. The van der Waals surface area contributed by atoms with E-state index in [0.29, 0.717) is 35.4 Å². The molecule has 0 saturated carbocycles. The van der Waals surface area contributed by atoms with Crippen LogP contribution in [0.2, 0.25) is 5.02 Å². The van der Waals surface area contributed by atoms with Gasteiger partial charge in [-0.25, -0.2) is 0 Å². The molecule has 0 atom stereocenters. The first kappa shape index (κ1) is 11.9. The Bertz CT molecular complexity index is 471. The molecule has 1 heterocycles. The van der Waals surface area contributed by atoms with E-state index in [-0.39, 0.29) is 12.2 Å². The monoisotopic (exact) mass is 253 g/mol. The minimum atomic E-state index is -0.106. The van der Waals surface area contributed by atoms with E-state index in [0.717, 1.165) is 0 Å². The molecule has 1 aliphatic rings. The number of rotatable bonds is 4. The van der Waals surface area contributed by atoms with Gasteiger partial charge in [-0.1, -0.05) is 11.6 Å². The van der Waals surface area contributed by atoms with Crippen molar-refractivity contribution in [2.45, 2.75) is 6.42 Å².